The van der Waals surface area contributed by atoms with Crippen LogP contribution in [0.15, 0.2) is 0 Å². The molecule has 0 bridgehead atoms. The van der Waals surface area contributed by atoms with E-state index in [-0.39, 0.29) is 17.4 Å². The van der Waals surface area contributed by atoms with Crippen molar-refractivity contribution >= 4 is 11.5 Å². The molecule has 0 aliphatic carbocycles. The van der Waals surface area contributed by atoms with Crippen molar-refractivity contribution in [2.24, 2.45) is 5.92 Å². The van der Waals surface area contributed by atoms with Crippen LogP contribution in [0.3, 0.4) is 0 Å². The largest absolute Gasteiger partial charge is 0.473 e. The lowest BCUT2D eigenvalue weighted by atomic mass is 10.2. The number of nitrogens with one attached hydrogen (secondary N) is 1. The van der Waals surface area contributed by atoms with E-state index in [4.69, 9.17) is 4.74 Å². The van der Waals surface area contributed by atoms with E-state index in [2.05, 4.69) is 15.3 Å². The first-order valence-electron chi connectivity index (χ1n) is 6.85. The van der Waals surface area contributed by atoms with E-state index in [1.165, 1.54) is 0 Å². The molecule has 1 heterocycles. The fourth-order valence-electron chi connectivity index (χ4n) is 1.54. The summed E-state index contributed by atoms with van der Waals surface area (Å²) in [5, 5.41) is 14.2. The number of unbranched alkanes of at least 4 members (excludes halogenated alkanes) is 1. The Kier molecular flexibility index (Phi) is 6.14. The first-order valence-corrected chi connectivity index (χ1v) is 6.85. The fraction of sp³-hybridized carbons (Fsp3) is 0.692. The van der Waals surface area contributed by atoms with Crippen LogP contribution in [0.25, 0.3) is 0 Å². The summed E-state index contributed by atoms with van der Waals surface area (Å²) in [5.74, 6) is 1.08. The zero-order valence-corrected chi connectivity index (χ0v) is 12.5. The van der Waals surface area contributed by atoms with Crippen molar-refractivity contribution < 1.29 is 9.66 Å². The highest BCUT2D eigenvalue weighted by molar-refractivity contribution is 5.61. The summed E-state index contributed by atoms with van der Waals surface area (Å²) in [6.07, 6.45) is 1.78. The van der Waals surface area contributed by atoms with Crippen molar-refractivity contribution in [3.63, 3.8) is 0 Å². The van der Waals surface area contributed by atoms with Crippen molar-refractivity contribution in [1.82, 2.24) is 9.97 Å². The van der Waals surface area contributed by atoms with E-state index in [9.17, 15) is 10.1 Å². The van der Waals surface area contributed by atoms with Crippen LogP contribution in [0.2, 0.25) is 0 Å². The Morgan fingerprint density at radius 1 is 1.40 bits per heavy atom. The third-order valence-electron chi connectivity index (χ3n) is 2.56. The van der Waals surface area contributed by atoms with E-state index in [0.717, 1.165) is 12.8 Å². The van der Waals surface area contributed by atoms with Gasteiger partial charge in [0.15, 0.2) is 0 Å². The van der Waals surface area contributed by atoms with Gasteiger partial charge in [0.2, 0.25) is 5.82 Å². The molecule has 0 unspecified atom stereocenters. The number of hydrogen-bond donors (Lipinski definition) is 1. The summed E-state index contributed by atoms with van der Waals surface area (Å²) in [5.41, 5.74) is -0.188. The van der Waals surface area contributed by atoms with Gasteiger partial charge in [-0.15, -0.1) is 0 Å². The molecular weight excluding hydrogens is 260 g/mol. The van der Waals surface area contributed by atoms with E-state index in [1.54, 1.807) is 6.92 Å². The standard InChI is InChI=1S/C13H22N4O3/c1-5-6-7-20-13-11(17(18)19)12(14-8-9(2)3)15-10(4)16-13/h9H,5-8H2,1-4H3,(H,14,15,16). The van der Waals surface area contributed by atoms with Crippen LogP contribution in [-0.2, 0) is 0 Å². The Hall–Kier alpha value is -1.92. The van der Waals surface area contributed by atoms with Gasteiger partial charge in [0.25, 0.3) is 5.88 Å². The molecule has 0 aromatic carbocycles. The number of aromatic nitrogens is 2. The molecule has 7 nitrogen and oxygen atoms in total. The highest BCUT2D eigenvalue weighted by Gasteiger charge is 2.25. The zero-order chi connectivity index (χ0) is 15.1. The molecule has 112 valence electrons. The monoisotopic (exact) mass is 282 g/mol. The van der Waals surface area contributed by atoms with Gasteiger partial charge >= 0.3 is 5.69 Å². The zero-order valence-electron chi connectivity index (χ0n) is 12.5. The lowest BCUT2D eigenvalue weighted by Gasteiger charge is -2.11. The van der Waals surface area contributed by atoms with Gasteiger partial charge in [-0.25, -0.2) is 4.98 Å². The minimum Gasteiger partial charge on any atom is -0.473 e. The summed E-state index contributed by atoms with van der Waals surface area (Å²) in [6.45, 7) is 8.77. The van der Waals surface area contributed by atoms with Crippen LogP contribution in [0.1, 0.15) is 39.4 Å². The van der Waals surface area contributed by atoms with Crippen LogP contribution < -0.4 is 10.1 Å². The summed E-state index contributed by atoms with van der Waals surface area (Å²) < 4.78 is 5.43. The van der Waals surface area contributed by atoms with Crippen molar-refractivity contribution in [3.05, 3.63) is 15.9 Å². The fourth-order valence-corrected chi connectivity index (χ4v) is 1.54. The number of hydrogen-bond acceptors (Lipinski definition) is 6. The van der Waals surface area contributed by atoms with Crippen LogP contribution >= 0.6 is 0 Å². The van der Waals surface area contributed by atoms with Crippen LogP contribution in [0.5, 0.6) is 5.88 Å². The first-order chi connectivity index (χ1) is 9.45. The molecule has 0 saturated heterocycles. The Balaban J connectivity index is 3.04. The molecule has 0 aliphatic rings. The smallest absolute Gasteiger partial charge is 0.372 e. The molecule has 0 aliphatic heterocycles. The highest BCUT2D eigenvalue weighted by atomic mass is 16.6. The number of nitro groups is 1. The van der Waals surface area contributed by atoms with Crippen molar-refractivity contribution in [2.45, 2.75) is 40.5 Å². The van der Waals surface area contributed by atoms with E-state index in [1.807, 2.05) is 20.8 Å². The van der Waals surface area contributed by atoms with Gasteiger partial charge in [-0.1, -0.05) is 27.2 Å². The molecule has 7 heteroatoms. The second-order valence-electron chi connectivity index (χ2n) is 5.01. The van der Waals surface area contributed by atoms with Gasteiger partial charge in [-0.3, -0.25) is 10.1 Å². The maximum Gasteiger partial charge on any atom is 0.372 e. The third kappa shape index (κ3) is 4.64. The normalized spacial score (nSPS) is 10.7. The molecule has 0 radical (unpaired) electrons. The van der Waals surface area contributed by atoms with E-state index in [0.29, 0.717) is 24.9 Å². The van der Waals surface area contributed by atoms with Gasteiger partial charge < -0.3 is 10.1 Å². The Labute approximate surface area is 118 Å². The molecule has 0 atom stereocenters. The van der Waals surface area contributed by atoms with Crippen molar-refractivity contribution in [2.75, 3.05) is 18.5 Å². The maximum absolute atomic E-state index is 11.2. The molecule has 1 aromatic rings. The molecule has 0 fully saturated rings. The summed E-state index contributed by atoms with van der Waals surface area (Å²) in [4.78, 5) is 18.9. The van der Waals surface area contributed by atoms with Crippen molar-refractivity contribution in [1.29, 1.82) is 0 Å². The second-order valence-corrected chi connectivity index (χ2v) is 5.01. The van der Waals surface area contributed by atoms with E-state index >= 15 is 0 Å². The topological polar surface area (TPSA) is 90.2 Å². The quantitative estimate of drug-likeness (QED) is 0.448. The van der Waals surface area contributed by atoms with Gasteiger partial charge in [0, 0.05) is 6.54 Å². The average molecular weight is 282 g/mol. The van der Waals surface area contributed by atoms with Gasteiger partial charge in [-0.05, 0) is 19.3 Å². The molecule has 20 heavy (non-hydrogen) atoms. The van der Waals surface area contributed by atoms with Gasteiger partial charge in [-0.2, -0.15) is 4.98 Å². The predicted molar refractivity (Wildman–Crippen MR) is 77.2 cm³/mol. The summed E-state index contributed by atoms with van der Waals surface area (Å²) in [7, 11) is 0. The predicted octanol–water partition coefficient (Wildman–Crippen LogP) is 2.94. The van der Waals surface area contributed by atoms with Crippen molar-refractivity contribution in [3.8, 4) is 5.88 Å². The summed E-state index contributed by atoms with van der Waals surface area (Å²) in [6, 6.07) is 0. The Bertz CT molecular complexity index is 463. The molecule has 1 aromatic heterocycles. The average Bonchev–Trinajstić information content (AvgIpc) is 2.35. The first kappa shape index (κ1) is 16.1. The highest BCUT2D eigenvalue weighted by Crippen LogP contribution is 2.32. The summed E-state index contributed by atoms with van der Waals surface area (Å²) >= 11 is 0. The Morgan fingerprint density at radius 2 is 2.10 bits per heavy atom. The number of nitrogens with zero attached hydrogens (tertiary/aromatic N) is 3. The van der Waals surface area contributed by atoms with Gasteiger partial charge in [0.05, 0.1) is 11.5 Å². The molecule has 0 spiro atoms. The number of aryl methyl sites for hydroxylation is 1. The lowest BCUT2D eigenvalue weighted by Crippen LogP contribution is -2.13. The third-order valence-corrected chi connectivity index (χ3v) is 2.56. The number of rotatable bonds is 8. The minimum atomic E-state index is -0.497. The molecular formula is C13H22N4O3. The Morgan fingerprint density at radius 3 is 2.65 bits per heavy atom. The SMILES string of the molecule is CCCCOc1nc(C)nc(NCC(C)C)c1[N+](=O)[O-]. The molecule has 0 amide bonds. The van der Waals surface area contributed by atoms with E-state index < -0.39 is 4.92 Å². The van der Waals surface area contributed by atoms with Gasteiger partial charge in [0.1, 0.15) is 5.82 Å². The second kappa shape index (κ2) is 7.62. The number of anilines is 1. The maximum atomic E-state index is 11.2. The van der Waals surface area contributed by atoms with Crippen LogP contribution in [0, 0.1) is 23.0 Å². The number of ether oxygens (including phenoxy) is 1. The van der Waals surface area contributed by atoms with Crippen LogP contribution in [-0.4, -0.2) is 28.0 Å². The molecule has 1 rings (SSSR count). The molecule has 1 N–H and O–H groups in total. The lowest BCUT2D eigenvalue weighted by molar-refractivity contribution is -0.385. The van der Waals surface area contributed by atoms with Crippen LogP contribution in [0.4, 0.5) is 11.5 Å². The minimum absolute atomic E-state index is 0.0437. The molecule has 0 saturated carbocycles.